The molecule has 32 heavy (non-hydrogen) atoms. The molecule has 0 spiro atoms. The number of allylic oxidation sites excluding steroid dienone is 1. The van der Waals surface area contributed by atoms with Crippen LogP contribution in [0, 0.1) is 0 Å². The molecule has 0 radical (unpaired) electrons. The average Bonchev–Trinajstić information content (AvgIpc) is 3.24. The number of nitrogens with zero attached hydrogens (tertiary/aromatic N) is 3. The number of amides is 1. The van der Waals surface area contributed by atoms with Crippen molar-refractivity contribution in [2.75, 3.05) is 14.1 Å². The second kappa shape index (κ2) is 9.54. The first kappa shape index (κ1) is 22.0. The summed E-state index contributed by atoms with van der Waals surface area (Å²) in [4.78, 5) is 33.7. The highest BCUT2D eigenvalue weighted by molar-refractivity contribution is 8.00. The van der Waals surface area contributed by atoms with Crippen molar-refractivity contribution in [2.24, 2.45) is 0 Å². The molecule has 0 aliphatic heterocycles. The van der Waals surface area contributed by atoms with Crippen LogP contribution >= 0.6 is 23.1 Å². The van der Waals surface area contributed by atoms with E-state index in [4.69, 9.17) is 4.98 Å². The molecule has 1 unspecified atom stereocenters. The molecule has 162 valence electrons. The Hall–Kier alpha value is -3.16. The van der Waals surface area contributed by atoms with Gasteiger partial charge in [-0.05, 0) is 11.1 Å². The molecule has 2 aromatic heterocycles. The third-order valence-corrected chi connectivity index (χ3v) is 7.15. The predicted octanol–water partition coefficient (Wildman–Crippen LogP) is 5.23. The summed E-state index contributed by atoms with van der Waals surface area (Å²) in [5.41, 5.74) is 2.60. The normalized spacial score (nSPS) is 11.9. The van der Waals surface area contributed by atoms with Gasteiger partial charge in [0.25, 0.3) is 5.56 Å². The zero-order valence-electron chi connectivity index (χ0n) is 17.9. The Kier molecular flexibility index (Phi) is 6.58. The van der Waals surface area contributed by atoms with Crippen LogP contribution in [0.5, 0.6) is 0 Å². The second-order valence-electron chi connectivity index (χ2n) is 7.44. The molecule has 0 N–H and O–H groups in total. The van der Waals surface area contributed by atoms with Crippen LogP contribution in [0.3, 0.4) is 0 Å². The number of fused-ring (bicyclic) bond motifs is 1. The molecule has 0 bridgehead atoms. The SMILES string of the molecule is C=CCn1c(SC(C(=O)N(C)C)c2ccccc2)nc2scc(-c3ccccc3)c2c1=O. The lowest BCUT2D eigenvalue weighted by molar-refractivity contribution is -0.128. The minimum absolute atomic E-state index is 0.0585. The van der Waals surface area contributed by atoms with Gasteiger partial charge in [0.2, 0.25) is 5.91 Å². The summed E-state index contributed by atoms with van der Waals surface area (Å²) in [5, 5.41) is 2.57. The van der Waals surface area contributed by atoms with E-state index in [-0.39, 0.29) is 11.5 Å². The quantitative estimate of drug-likeness (QED) is 0.215. The maximum atomic E-state index is 13.6. The summed E-state index contributed by atoms with van der Waals surface area (Å²) < 4.78 is 1.61. The fourth-order valence-electron chi connectivity index (χ4n) is 3.44. The standard InChI is InChI=1S/C25H23N3O2S2/c1-4-15-28-23(29)20-19(17-11-7-5-8-12-17)16-31-22(20)26-25(28)32-21(24(30)27(2)3)18-13-9-6-10-14-18/h4-14,16,21H,1,15H2,2-3H3. The van der Waals surface area contributed by atoms with Crippen LogP contribution < -0.4 is 5.56 Å². The predicted molar refractivity (Wildman–Crippen MR) is 133 cm³/mol. The summed E-state index contributed by atoms with van der Waals surface area (Å²) in [7, 11) is 3.47. The summed E-state index contributed by atoms with van der Waals surface area (Å²) in [6.07, 6.45) is 1.68. The van der Waals surface area contributed by atoms with Gasteiger partial charge < -0.3 is 4.90 Å². The number of aromatic nitrogens is 2. The highest BCUT2D eigenvalue weighted by atomic mass is 32.2. The third kappa shape index (κ3) is 4.26. The molecule has 1 atom stereocenters. The Labute approximate surface area is 195 Å². The van der Waals surface area contributed by atoms with Crippen molar-refractivity contribution in [1.29, 1.82) is 0 Å². The monoisotopic (exact) mass is 461 g/mol. The van der Waals surface area contributed by atoms with Crippen LogP contribution in [0.15, 0.2) is 88.6 Å². The average molecular weight is 462 g/mol. The van der Waals surface area contributed by atoms with Crippen molar-refractivity contribution in [3.8, 4) is 11.1 Å². The Bertz CT molecular complexity index is 1310. The maximum absolute atomic E-state index is 13.6. The Morgan fingerprint density at radius 2 is 1.81 bits per heavy atom. The molecule has 0 aliphatic rings. The van der Waals surface area contributed by atoms with Crippen LogP contribution in [0.1, 0.15) is 10.8 Å². The van der Waals surface area contributed by atoms with E-state index in [1.807, 2.05) is 66.0 Å². The molecule has 5 nitrogen and oxygen atoms in total. The lowest BCUT2D eigenvalue weighted by Crippen LogP contribution is -2.28. The molecular weight excluding hydrogens is 438 g/mol. The number of thioether (sulfide) groups is 1. The van der Waals surface area contributed by atoms with E-state index in [0.717, 1.165) is 16.7 Å². The fraction of sp³-hybridized carbons (Fsp3) is 0.160. The Morgan fingerprint density at radius 1 is 1.16 bits per heavy atom. The van der Waals surface area contributed by atoms with Crippen molar-refractivity contribution < 1.29 is 4.79 Å². The van der Waals surface area contributed by atoms with Gasteiger partial charge in [-0.3, -0.25) is 14.2 Å². The molecule has 4 rings (SSSR count). The van der Waals surface area contributed by atoms with E-state index in [1.165, 1.54) is 23.1 Å². The zero-order valence-corrected chi connectivity index (χ0v) is 19.5. The zero-order chi connectivity index (χ0) is 22.7. The smallest absolute Gasteiger partial charge is 0.263 e. The molecule has 0 saturated carbocycles. The number of likely N-dealkylation sites (N-methyl/N-ethyl adjacent to an activating group) is 1. The number of thiophene rings is 1. The summed E-state index contributed by atoms with van der Waals surface area (Å²) in [5.74, 6) is -0.0585. The van der Waals surface area contributed by atoms with Crippen LogP contribution in [-0.4, -0.2) is 34.5 Å². The summed E-state index contributed by atoms with van der Waals surface area (Å²) in [6, 6.07) is 19.4. The van der Waals surface area contributed by atoms with E-state index in [9.17, 15) is 9.59 Å². The first-order valence-electron chi connectivity index (χ1n) is 10.1. The highest BCUT2D eigenvalue weighted by Crippen LogP contribution is 2.37. The van der Waals surface area contributed by atoms with Gasteiger partial charge in [-0.2, -0.15) is 0 Å². The summed E-state index contributed by atoms with van der Waals surface area (Å²) in [6.45, 7) is 4.13. The van der Waals surface area contributed by atoms with Gasteiger partial charge >= 0.3 is 0 Å². The van der Waals surface area contributed by atoms with E-state index >= 15 is 0 Å². The van der Waals surface area contributed by atoms with Crippen LogP contribution in [-0.2, 0) is 11.3 Å². The number of carbonyl (C=O) groups excluding carboxylic acids is 1. The largest absolute Gasteiger partial charge is 0.348 e. The topological polar surface area (TPSA) is 55.2 Å². The molecule has 7 heteroatoms. The van der Waals surface area contributed by atoms with E-state index < -0.39 is 5.25 Å². The number of carbonyl (C=O) groups is 1. The van der Waals surface area contributed by atoms with E-state index in [1.54, 1.807) is 29.6 Å². The van der Waals surface area contributed by atoms with Crippen molar-refractivity contribution in [3.05, 3.63) is 94.6 Å². The number of benzene rings is 2. The van der Waals surface area contributed by atoms with Crippen molar-refractivity contribution in [1.82, 2.24) is 14.5 Å². The number of hydrogen-bond acceptors (Lipinski definition) is 5. The lowest BCUT2D eigenvalue weighted by Gasteiger charge is -2.21. The van der Waals surface area contributed by atoms with Gasteiger partial charge in [0.1, 0.15) is 10.1 Å². The summed E-state index contributed by atoms with van der Waals surface area (Å²) >= 11 is 2.74. The maximum Gasteiger partial charge on any atom is 0.263 e. The van der Waals surface area contributed by atoms with Crippen LogP contribution in [0.25, 0.3) is 21.3 Å². The minimum atomic E-state index is -0.514. The first-order chi connectivity index (χ1) is 15.5. The molecule has 1 amide bonds. The van der Waals surface area contributed by atoms with Crippen LogP contribution in [0.2, 0.25) is 0 Å². The third-order valence-electron chi connectivity index (χ3n) is 5.05. The van der Waals surface area contributed by atoms with Gasteiger partial charge in [0, 0.05) is 31.6 Å². The lowest BCUT2D eigenvalue weighted by atomic mass is 10.1. The van der Waals surface area contributed by atoms with Gasteiger partial charge in [-0.1, -0.05) is 78.5 Å². The molecule has 0 aliphatic carbocycles. The van der Waals surface area contributed by atoms with Crippen molar-refractivity contribution >= 4 is 39.2 Å². The Balaban J connectivity index is 1.86. The fourth-order valence-corrected chi connectivity index (χ4v) is 5.68. The minimum Gasteiger partial charge on any atom is -0.348 e. The van der Waals surface area contributed by atoms with Gasteiger partial charge in [0.15, 0.2) is 5.16 Å². The van der Waals surface area contributed by atoms with Crippen molar-refractivity contribution in [3.63, 3.8) is 0 Å². The molecule has 2 aromatic carbocycles. The number of hydrogen-bond donors (Lipinski definition) is 0. The van der Waals surface area contributed by atoms with Crippen LogP contribution in [0.4, 0.5) is 0 Å². The molecule has 0 saturated heterocycles. The van der Waals surface area contributed by atoms with E-state index in [2.05, 4.69) is 6.58 Å². The van der Waals surface area contributed by atoms with Gasteiger partial charge in [-0.25, -0.2) is 4.98 Å². The van der Waals surface area contributed by atoms with Gasteiger partial charge in [0.05, 0.1) is 5.39 Å². The number of rotatable bonds is 7. The molecular formula is C25H23N3O2S2. The highest BCUT2D eigenvalue weighted by Gasteiger charge is 2.27. The second-order valence-corrected chi connectivity index (χ2v) is 9.37. The Morgan fingerprint density at radius 3 is 2.44 bits per heavy atom. The van der Waals surface area contributed by atoms with E-state index in [0.29, 0.717) is 21.9 Å². The molecule has 0 fully saturated rings. The molecule has 4 aromatic rings. The molecule has 2 heterocycles. The van der Waals surface area contributed by atoms with Gasteiger partial charge in [-0.15, -0.1) is 17.9 Å². The first-order valence-corrected chi connectivity index (χ1v) is 11.9. The van der Waals surface area contributed by atoms with Crippen molar-refractivity contribution in [2.45, 2.75) is 17.0 Å².